The van der Waals surface area contributed by atoms with Crippen molar-refractivity contribution in [3.63, 3.8) is 0 Å². The molecule has 0 aliphatic heterocycles. The molecular formula is C61H61N. The van der Waals surface area contributed by atoms with Crippen LogP contribution in [0.25, 0.3) is 61.1 Å². The predicted molar refractivity (Wildman–Crippen MR) is 275 cm³/mol. The summed E-state index contributed by atoms with van der Waals surface area (Å²) in [7, 11) is 0. The van der Waals surface area contributed by atoms with Crippen LogP contribution in [0.3, 0.4) is 0 Å². The Morgan fingerprint density at radius 1 is 0.548 bits per heavy atom. The predicted octanol–water partition coefficient (Wildman–Crippen LogP) is 17.5. The minimum atomic E-state index is 0.800. The lowest BCUT2D eigenvalue weighted by Gasteiger charge is -2.18. The first-order chi connectivity index (χ1) is 30.1. The zero-order valence-electron chi connectivity index (χ0n) is 37.8. The zero-order chi connectivity index (χ0) is 44.0. The van der Waals surface area contributed by atoms with Crippen molar-refractivity contribution in [2.45, 2.75) is 67.7 Å². The highest BCUT2D eigenvalue weighted by molar-refractivity contribution is 6.06. The van der Waals surface area contributed by atoms with E-state index in [1.54, 1.807) is 0 Å². The molecule has 1 heteroatoms. The second-order valence-electron chi connectivity index (χ2n) is 16.2. The van der Waals surface area contributed by atoms with E-state index in [1.807, 2.05) is 62.4 Å². The van der Waals surface area contributed by atoms with Crippen LogP contribution in [-0.2, 0) is 6.42 Å². The van der Waals surface area contributed by atoms with Gasteiger partial charge in [-0.3, -0.25) is 4.99 Å². The number of fused-ring (bicyclic) bond motifs is 4. The fourth-order valence-electron chi connectivity index (χ4n) is 7.85. The molecule has 310 valence electrons. The van der Waals surface area contributed by atoms with E-state index in [4.69, 9.17) is 0 Å². The number of hydrogen-bond acceptors (Lipinski definition) is 1. The number of aryl methyl sites for hydroxylation is 4. The van der Waals surface area contributed by atoms with Gasteiger partial charge in [0, 0.05) is 5.71 Å². The van der Waals surface area contributed by atoms with E-state index < -0.39 is 0 Å². The van der Waals surface area contributed by atoms with Crippen LogP contribution in [0.5, 0.6) is 0 Å². The zero-order valence-corrected chi connectivity index (χ0v) is 37.8. The molecule has 8 aromatic rings. The molecule has 0 atom stereocenters. The highest BCUT2D eigenvalue weighted by atomic mass is 14.7. The quantitative estimate of drug-likeness (QED) is 0.148. The Kier molecular flexibility index (Phi) is 15.6. The fraction of sp³-hybridized carbons (Fsp3) is 0.164. The number of hydrogen-bond donors (Lipinski definition) is 0. The van der Waals surface area contributed by atoms with E-state index in [1.165, 1.54) is 83.6 Å². The van der Waals surface area contributed by atoms with Crippen LogP contribution in [0.15, 0.2) is 194 Å². The van der Waals surface area contributed by atoms with Crippen LogP contribution < -0.4 is 0 Å². The molecule has 0 saturated carbocycles. The molecule has 1 nitrogen and oxygen atoms in total. The Bertz CT molecular complexity index is 2840. The molecule has 0 radical (unpaired) electrons. The maximum absolute atomic E-state index is 4.57. The van der Waals surface area contributed by atoms with Gasteiger partial charge in [-0.2, -0.15) is 0 Å². The van der Waals surface area contributed by atoms with Crippen LogP contribution in [-0.4, -0.2) is 5.71 Å². The van der Waals surface area contributed by atoms with Gasteiger partial charge in [0.1, 0.15) is 0 Å². The molecule has 0 aromatic heterocycles. The molecule has 0 N–H and O–H groups in total. The first kappa shape index (κ1) is 44.7. The Balaban J connectivity index is 0.000000179. The van der Waals surface area contributed by atoms with Gasteiger partial charge < -0.3 is 0 Å². The molecule has 0 spiro atoms. The van der Waals surface area contributed by atoms with Crippen LogP contribution >= 0.6 is 0 Å². The Morgan fingerprint density at radius 2 is 1.15 bits per heavy atom. The van der Waals surface area contributed by atoms with Gasteiger partial charge in [0.25, 0.3) is 0 Å². The summed E-state index contributed by atoms with van der Waals surface area (Å²) >= 11 is 0. The van der Waals surface area contributed by atoms with Crippen LogP contribution in [0.1, 0.15) is 85.0 Å². The number of rotatable bonds is 6. The summed E-state index contributed by atoms with van der Waals surface area (Å²) in [6.07, 6.45) is 8.12. The van der Waals surface area contributed by atoms with E-state index in [0.717, 1.165) is 41.0 Å². The Morgan fingerprint density at radius 3 is 1.79 bits per heavy atom. The molecule has 0 saturated heterocycles. The van der Waals surface area contributed by atoms with Gasteiger partial charge in [0.15, 0.2) is 0 Å². The van der Waals surface area contributed by atoms with E-state index in [9.17, 15) is 0 Å². The number of nitrogens with zero attached hydrogens (tertiary/aromatic N) is 1. The van der Waals surface area contributed by atoms with E-state index in [2.05, 4.69) is 186 Å². The summed E-state index contributed by atoms with van der Waals surface area (Å²) in [6, 6.07) is 60.1. The topological polar surface area (TPSA) is 12.4 Å². The average Bonchev–Trinajstić information content (AvgIpc) is 3.30. The van der Waals surface area contributed by atoms with Crippen molar-refractivity contribution in [2.75, 3.05) is 0 Å². The molecule has 0 unspecified atom stereocenters. The van der Waals surface area contributed by atoms with Crippen LogP contribution in [0.2, 0.25) is 0 Å². The lowest BCUT2D eigenvalue weighted by molar-refractivity contribution is 0.997. The maximum Gasteiger partial charge on any atom is 0.0633 e. The standard InChI is InChI=1S/C32H26.C17H17N.C9H10.C3H8/c1-21-9-3-5-11-26(21)32-22(2)15-16-23-17-18-25(20-31(23)32)30-19-24-10-4-6-12-27(24)28-13-7-8-14-29(28)30;1-13-9-11-17(12-10-13)15(3)18-14(2)16-7-5-4-6-8-16;1-8(2)9-6-4-3-5-7-9;1-3-2/h3-5,7-11,13-20H,6,12H2,1-2H3;4-12H,2H2,1,3H3;3-7H,1H2,2H3;3H2,1-2H3. The minimum Gasteiger partial charge on any atom is -0.253 e. The summed E-state index contributed by atoms with van der Waals surface area (Å²) in [5.41, 5.74) is 18.4. The maximum atomic E-state index is 4.57. The fourth-order valence-corrected chi connectivity index (χ4v) is 7.85. The number of aliphatic imine (C=N–C) groups is 1. The largest absolute Gasteiger partial charge is 0.253 e. The Hall–Kier alpha value is -6.83. The van der Waals surface area contributed by atoms with Crippen LogP contribution in [0, 0.1) is 20.8 Å². The first-order valence-corrected chi connectivity index (χ1v) is 22.0. The summed E-state index contributed by atoms with van der Waals surface area (Å²) < 4.78 is 0. The van der Waals surface area contributed by atoms with Crippen molar-refractivity contribution in [3.8, 4) is 22.3 Å². The molecule has 0 fully saturated rings. The molecule has 1 aliphatic rings. The molecule has 62 heavy (non-hydrogen) atoms. The van der Waals surface area contributed by atoms with Gasteiger partial charge in [0.05, 0.1) is 5.70 Å². The molecule has 0 heterocycles. The SMILES string of the molecule is C=C(C)c1ccccc1.C=C(N=C(C)c1ccc(C)cc1)c1ccccc1.CCC.Cc1ccccc1-c1c(C)ccc2ccc(-c3cc4c(c5ccccc35)CCC=C4)cc12. The summed E-state index contributed by atoms with van der Waals surface area (Å²) in [4.78, 5) is 4.57. The lowest BCUT2D eigenvalue weighted by atomic mass is 9.85. The van der Waals surface area contributed by atoms with E-state index >= 15 is 0 Å². The van der Waals surface area contributed by atoms with Crippen molar-refractivity contribution in [3.05, 3.63) is 234 Å². The monoisotopic (exact) mass is 807 g/mol. The van der Waals surface area contributed by atoms with Gasteiger partial charge >= 0.3 is 0 Å². The lowest BCUT2D eigenvalue weighted by Crippen LogP contribution is -1.97. The highest BCUT2D eigenvalue weighted by Crippen LogP contribution is 2.40. The second kappa shape index (κ2) is 21.6. The Labute approximate surface area is 371 Å². The van der Waals surface area contributed by atoms with Crippen molar-refractivity contribution in [1.29, 1.82) is 0 Å². The van der Waals surface area contributed by atoms with Gasteiger partial charge in [-0.05, 0) is 142 Å². The highest BCUT2D eigenvalue weighted by Gasteiger charge is 2.16. The van der Waals surface area contributed by atoms with Crippen molar-refractivity contribution < 1.29 is 0 Å². The molecule has 1 aliphatic carbocycles. The summed E-state index contributed by atoms with van der Waals surface area (Å²) in [6.45, 7) is 22.6. The minimum absolute atomic E-state index is 0.800. The number of benzene rings is 8. The van der Waals surface area contributed by atoms with E-state index in [0.29, 0.717) is 0 Å². The normalized spacial score (nSPS) is 11.6. The van der Waals surface area contributed by atoms with Crippen LogP contribution in [0.4, 0.5) is 0 Å². The molecule has 0 bridgehead atoms. The van der Waals surface area contributed by atoms with Crippen molar-refractivity contribution in [1.82, 2.24) is 0 Å². The van der Waals surface area contributed by atoms with Gasteiger partial charge in [-0.25, -0.2) is 0 Å². The molecule has 0 amide bonds. The third-order valence-corrected chi connectivity index (χ3v) is 11.1. The third kappa shape index (κ3) is 11.1. The van der Waals surface area contributed by atoms with Gasteiger partial charge in [0.2, 0.25) is 0 Å². The summed E-state index contributed by atoms with van der Waals surface area (Å²) in [5.74, 6) is 0. The van der Waals surface area contributed by atoms with Gasteiger partial charge in [-0.15, -0.1) is 0 Å². The average molecular weight is 808 g/mol. The smallest absolute Gasteiger partial charge is 0.0633 e. The molecule has 8 aromatic carbocycles. The van der Waals surface area contributed by atoms with Crippen molar-refractivity contribution in [2.24, 2.45) is 4.99 Å². The molecular weight excluding hydrogens is 747 g/mol. The first-order valence-electron chi connectivity index (χ1n) is 22.0. The van der Waals surface area contributed by atoms with Gasteiger partial charge in [-0.1, -0.05) is 214 Å². The number of allylic oxidation sites excluding steroid dienone is 2. The van der Waals surface area contributed by atoms with E-state index in [-0.39, 0.29) is 0 Å². The summed E-state index contributed by atoms with van der Waals surface area (Å²) in [5, 5.41) is 5.37. The van der Waals surface area contributed by atoms with Crippen molar-refractivity contribution >= 4 is 44.6 Å². The molecule has 9 rings (SSSR count). The second-order valence-corrected chi connectivity index (χ2v) is 16.2. The third-order valence-electron chi connectivity index (χ3n) is 11.1.